The van der Waals surface area contributed by atoms with E-state index in [2.05, 4.69) is 4.74 Å². The maximum Gasteiger partial charge on any atom is 0.314 e. The zero-order valence-electron chi connectivity index (χ0n) is 8.34. The second kappa shape index (κ2) is 4.47. The summed E-state index contributed by atoms with van der Waals surface area (Å²) in [5.74, 6) is -2.05. The molecule has 0 aliphatic rings. The molecule has 1 aromatic carbocycles. The van der Waals surface area contributed by atoms with Crippen LogP contribution in [0.1, 0.15) is 12.5 Å². The topological polar surface area (TPSA) is 110 Å². The Morgan fingerprint density at radius 2 is 2.06 bits per heavy atom. The molecule has 1 aromatic rings. The Morgan fingerprint density at radius 3 is 2.56 bits per heavy atom. The van der Waals surface area contributed by atoms with E-state index in [-0.39, 0.29) is 12.2 Å². The van der Waals surface area contributed by atoms with Gasteiger partial charge in [0, 0.05) is 18.6 Å². The van der Waals surface area contributed by atoms with Crippen molar-refractivity contribution in [2.75, 3.05) is 0 Å². The van der Waals surface area contributed by atoms with Gasteiger partial charge in [-0.15, -0.1) is 0 Å². The minimum Gasteiger partial charge on any atom is -0.504 e. The lowest BCUT2D eigenvalue weighted by molar-refractivity contribution is -0.386. The van der Waals surface area contributed by atoms with E-state index in [1.54, 1.807) is 0 Å². The molecule has 0 saturated heterocycles. The standard InChI is InChI=1S/C9H9NO6/c1-5(11)16-4-6-2-3-7(10(14)15)9(13)8(6)12/h2-3,12-13H,4H2,1H3. The number of benzene rings is 1. The van der Waals surface area contributed by atoms with Crippen LogP contribution in [0.2, 0.25) is 0 Å². The van der Waals surface area contributed by atoms with E-state index in [0.29, 0.717) is 0 Å². The van der Waals surface area contributed by atoms with E-state index < -0.39 is 28.1 Å². The van der Waals surface area contributed by atoms with Crippen LogP contribution >= 0.6 is 0 Å². The van der Waals surface area contributed by atoms with Crippen molar-refractivity contribution in [3.63, 3.8) is 0 Å². The Kier molecular flexibility index (Phi) is 3.29. The number of esters is 1. The molecule has 7 nitrogen and oxygen atoms in total. The third-order valence-corrected chi connectivity index (χ3v) is 1.84. The van der Waals surface area contributed by atoms with E-state index >= 15 is 0 Å². The number of phenolic OH excluding ortho intramolecular Hbond substituents is 2. The number of nitro benzene ring substituents is 1. The molecule has 0 bridgehead atoms. The highest BCUT2D eigenvalue weighted by atomic mass is 16.6. The highest BCUT2D eigenvalue weighted by Crippen LogP contribution is 2.37. The minimum atomic E-state index is -0.838. The van der Waals surface area contributed by atoms with E-state index in [4.69, 9.17) is 0 Å². The van der Waals surface area contributed by atoms with Crippen molar-refractivity contribution >= 4 is 11.7 Å². The first-order valence-electron chi connectivity index (χ1n) is 4.25. The number of hydrogen-bond donors (Lipinski definition) is 2. The van der Waals surface area contributed by atoms with E-state index in [9.17, 15) is 25.1 Å². The second-order valence-corrected chi connectivity index (χ2v) is 2.98. The van der Waals surface area contributed by atoms with Gasteiger partial charge in [-0.3, -0.25) is 14.9 Å². The van der Waals surface area contributed by atoms with Gasteiger partial charge in [0.1, 0.15) is 6.61 Å². The highest BCUT2D eigenvalue weighted by molar-refractivity contribution is 5.66. The molecule has 16 heavy (non-hydrogen) atoms. The molecule has 0 saturated carbocycles. The van der Waals surface area contributed by atoms with Crippen LogP contribution in [0.5, 0.6) is 11.5 Å². The van der Waals surface area contributed by atoms with Crippen LogP contribution in [0.15, 0.2) is 12.1 Å². The summed E-state index contributed by atoms with van der Waals surface area (Å²) in [6, 6.07) is 2.23. The summed E-state index contributed by atoms with van der Waals surface area (Å²) in [5, 5.41) is 29.1. The SMILES string of the molecule is CC(=O)OCc1ccc([N+](=O)[O-])c(O)c1O. The largest absolute Gasteiger partial charge is 0.504 e. The molecule has 0 spiro atoms. The third kappa shape index (κ3) is 2.38. The molecule has 0 atom stereocenters. The molecule has 0 unspecified atom stereocenters. The van der Waals surface area contributed by atoms with E-state index in [1.165, 1.54) is 13.0 Å². The highest BCUT2D eigenvalue weighted by Gasteiger charge is 2.20. The number of carbonyl (C=O) groups excluding carboxylic acids is 1. The first-order chi connectivity index (χ1) is 7.43. The molecule has 0 heterocycles. The normalized spacial score (nSPS) is 9.81. The quantitative estimate of drug-likeness (QED) is 0.346. The second-order valence-electron chi connectivity index (χ2n) is 2.98. The molecule has 1 rings (SSSR count). The van der Waals surface area contributed by atoms with Gasteiger partial charge in [0.05, 0.1) is 4.92 Å². The van der Waals surface area contributed by atoms with Gasteiger partial charge < -0.3 is 14.9 Å². The van der Waals surface area contributed by atoms with Gasteiger partial charge in [0.2, 0.25) is 5.75 Å². The number of rotatable bonds is 3. The van der Waals surface area contributed by atoms with Gasteiger partial charge in [0.25, 0.3) is 0 Å². The fraction of sp³-hybridized carbons (Fsp3) is 0.222. The van der Waals surface area contributed by atoms with Crippen molar-refractivity contribution in [1.82, 2.24) is 0 Å². The molecule has 0 amide bonds. The van der Waals surface area contributed by atoms with Crippen LogP contribution in [0.25, 0.3) is 0 Å². The first kappa shape index (κ1) is 11.8. The van der Waals surface area contributed by atoms with Gasteiger partial charge in [-0.2, -0.15) is 0 Å². The third-order valence-electron chi connectivity index (χ3n) is 1.84. The molecule has 0 fully saturated rings. The van der Waals surface area contributed by atoms with Gasteiger partial charge in [-0.1, -0.05) is 0 Å². The predicted molar refractivity (Wildman–Crippen MR) is 51.9 cm³/mol. The fourth-order valence-electron chi connectivity index (χ4n) is 1.05. The Hall–Kier alpha value is -2.31. The van der Waals surface area contributed by atoms with Crippen molar-refractivity contribution in [3.05, 3.63) is 27.8 Å². The van der Waals surface area contributed by atoms with Crippen LogP contribution in [-0.4, -0.2) is 21.1 Å². The smallest absolute Gasteiger partial charge is 0.314 e. The summed E-state index contributed by atoms with van der Waals surface area (Å²) in [6.45, 7) is 0.926. The first-order valence-corrected chi connectivity index (χ1v) is 4.25. The lowest BCUT2D eigenvalue weighted by Crippen LogP contribution is -1.99. The lowest BCUT2D eigenvalue weighted by Gasteiger charge is -2.06. The monoisotopic (exact) mass is 227 g/mol. The van der Waals surface area contributed by atoms with Crippen molar-refractivity contribution in [3.8, 4) is 11.5 Å². The lowest BCUT2D eigenvalue weighted by atomic mass is 10.1. The molecule has 0 radical (unpaired) electrons. The molecule has 2 N–H and O–H groups in total. The molecule has 0 aliphatic heterocycles. The Balaban J connectivity index is 3.02. The number of carbonyl (C=O) groups is 1. The molecule has 0 aliphatic carbocycles. The van der Waals surface area contributed by atoms with Gasteiger partial charge in [-0.25, -0.2) is 0 Å². The molecule has 7 heteroatoms. The zero-order chi connectivity index (χ0) is 12.3. The van der Waals surface area contributed by atoms with Crippen molar-refractivity contribution in [1.29, 1.82) is 0 Å². The Labute approximate surface area is 90.0 Å². The van der Waals surface area contributed by atoms with Crippen LogP contribution < -0.4 is 0 Å². The minimum absolute atomic E-state index is 0.0956. The number of nitrogens with zero attached hydrogens (tertiary/aromatic N) is 1. The van der Waals surface area contributed by atoms with Crippen LogP contribution in [0, 0.1) is 10.1 Å². The maximum atomic E-state index is 10.5. The average molecular weight is 227 g/mol. The van der Waals surface area contributed by atoms with Crippen LogP contribution in [-0.2, 0) is 16.1 Å². The molecule has 0 aromatic heterocycles. The predicted octanol–water partition coefficient (Wildman–Crippen LogP) is 1.07. The van der Waals surface area contributed by atoms with E-state index in [0.717, 1.165) is 6.07 Å². The number of phenols is 2. The van der Waals surface area contributed by atoms with E-state index in [1.807, 2.05) is 0 Å². The molecular formula is C9H9NO6. The number of ether oxygens (including phenoxy) is 1. The maximum absolute atomic E-state index is 10.5. The number of hydrogen-bond acceptors (Lipinski definition) is 6. The molecular weight excluding hydrogens is 218 g/mol. The fourth-order valence-corrected chi connectivity index (χ4v) is 1.05. The summed E-state index contributed by atoms with van der Waals surface area (Å²) in [6.07, 6.45) is 0. The zero-order valence-corrected chi connectivity index (χ0v) is 8.34. The summed E-state index contributed by atoms with van der Waals surface area (Å²) in [5.41, 5.74) is -0.512. The number of aromatic hydroxyl groups is 2. The summed E-state index contributed by atoms with van der Waals surface area (Å²) in [7, 11) is 0. The van der Waals surface area contributed by atoms with Gasteiger partial charge in [-0.05, 0) is 6.07 Å². The van der Waals surface area contributed by atoms with Crippen LogP contribution in [0.4, 0.5) is 5.69 Å². The van der Waals surface area contributed by atoms with Crippen LogP contribution in [0.3, 0.4) is 0 Å². The summed E-state index contributed by atoms with van der Waals surface area (Å²) >= 11 is 0. The van der Waals surface area contributed by atoms with Gasteiger partial charge in [0.15, 0.2) is 5.75 Å². The Morgan fingerprint density at radius 1 is 1.44 bits per heavy atom. The summed E-state index contributed by atoms with van der Waals surface area (Å²) < 4.78 is 4.58. The summed E-state index contributed by atoms with van der Waals surface area (Å²) in [4.78, 5) is 20.1. The molecule has 86 valence electrons. The van der Waals surface area contributed by atoms with Crippen molar-refractivity contribution < 1.29 is 24.7 Å². The van der Waals surface area contributed by atoms with Crippen molar-refractivity contribution in [2.24, 2.45) is 0 Å². The van der Waals surface area contributed by atoms with Gasteiger partial charge >= 0.3 is 11.7 Å². The average Bonchev–Trinajstić information content (AvgIpc) is 2.19. The van der Waals surface area contributed by atoms with Crippen molar-refractivity contribution in [2.45, 2.75) is 13.5 Å². The Bertz CT molecular complexity index is 442. The number of nitro groups is 1.